The number of hydrogen-bond donors (Lipinski definition) is 0. The summed E-state index contributed by atoms with van der Waals surface area (Å²) >= 11 is 1.61. The van der Waals surface area contributed by atoms with Gasteiger partial charge in [0.25, 0.3) is 5.91 Å². The van der Waals surface area contributed by atoms with Crippen molar-refractivity contribution < 1.29 is 14.3 Å². The number of benzene rings is 1. The van der Waals surface area contributed by atoms with Crippen molar-refractivity contribution in [2.24, 2.45) is 0 Å². The fourth-order valence-corrected chi connectivity index (χ4v) is 3.03. The zero-order valence-corrected chi connectivity index (χ0v) is 14.1. The summed E-state index contributed by atoms with van der Waals surface area (Å²) in [6.45, 7) is 2.55. The fourth-order valence-electron chi connectivity index (χ4n) is 2.42. The summed E-state index contributed by atoms with van der Waals surface area (Å²) in [4.78, 5) is 18.9. The van der Waals surface area contributed by atoms with Crippen molar-refractivity contribution in [2.45, 2.75) is 32.4 Å². The summed E-state index contributed by atoms with van der Waals surface area (Å²) < 4.78 is 10.9. The van der Waals surface area contributed by atoms with Crippen molar-refractivity contribution in [3.63, 3.8) is 0 Å². The lowest BCUT2D eigenvalue weighted by Gasteiger charge is -2.22. The third-order valence-electron chi connectivity index (χ3n) is 3.73. The van der Waals surface area contributed by atoms with Crippen molar-refractivity contribution in [1.29, 1.82) is 0 Å². The SMILES string of the molecule is COc1ccccc1OCC(=O)N(Cc1csc(C)n1)C1CC1. The molecule has 0 aliphatic heterocycles. The van der Waals surface area contributed by atoms with E-state index in [4.69, 9.17) is 9.47 Å². The van der Waals surface area contributed by atoms with Gasteiger partial charge in [-0.15, -0.1) is 11.3 Å². The Balaban J connectivity index is 1.62. The number of ether oxygens (including phenoxy) is 2. The number of methoxy groups -OCH3 is 1. The summed E-state index contributed by atoms with van der Waals surface area (Å²) in [6, 6.07) is 7.67. The van der Waals surface area contributed by atoms with Crippen molar-refractivity contribution in [2.75, 3.05) is 13.7 Å². The molecule has 0 spiro atoms. The fraction of sp³-hybridized carbons (Fsp3) is 0.412. The molecule has 0 atom stereocenters. The molecule has 0 N–H and O–H groups in total. The predicted molar refractivity (Wildman–Crippen MR) is 88.9 cm³/mol. The second-order valence-corrected chi connectivity index (χ2v) is 6.61. The van der Waals surface area contributed by atoms with Gasteiger partial charge in [0.15, 0.2) is 18.1 Å². The van der Waals surface area contributed by atoms with Crippen molar-refractivity contribution in [3.05, 3.63) is 40.3 Å². The van der Waals surface area contributed by atoms with Crippen LogP contribution < -0.4 is 9.47 Å². The summed E-state index contributed by atoms with van der Waals surface area (Å²) in [6.07, 6.45) is 2.12. The molecule has 1 aromatic heterocycles. The number of carbonyl (C=O) groups is 1. The largest absolute Gasteiger partial charge is 0.493 e. The van der Waals surface area contributed by atoms with E-state index >= 15 is 0 Å². The molecule has 1 saturated carbocycles. The topological polar surface area (TPSA) is 51.7 Å². The molecule has 5 nitrogen and oxygen atoms in total. The smallest absolute Gasteiger partial charge is 0.261 e. The molecule has 0 unspecified atom stereocenters. The molecule has 3 rings (SSSR count). The Morgan fingerprint density at radius 1 is 1.35 bits per heavy atom. The summed E-state index contributed by atoms with van der Waals surface area (Å²) in [7, 11) is 1.59. The quantitative estimate of drug-likeness (QED) is 0.782. The van der Waals surface area contributed by atoms with E-state index in [-0.39, 0.29) is 12.5 Å². The van der Waals surface area contributed by atoms with E-state index in [0.717, 1.165) is 23.5 Å². The highest BCUT2D eigenvalue weighted by Gasteiger charge is 2.33. The molecule has 122 valence electrons. The summed E-state index contributed by atoms with van der Waals surface area (Å²) in [5, 5.41) is 3.03. The molecule has 0 radical (unpaired) electrons. The number of carbonyl (C=O) groups excluding carboxylic acids is 1. The monoisotopic (exact) mass is 332 g/mol. The Bertz CT molecular complexity index is 682. The van der Waals surface area contributed by atoms with Gasteiger partial charge in [-0.1, -0.05) is 12.1 Å². The minimum atomic E-state index is -0.0101. The van der Waals surface area contributed by atoms with Crippen molar-refractivity contribution in [3.8, 4) is 11.5 Å². The van der Waals surface area contributed by atoms with Crippen LogP contribution in [0.1, 0.15) is 23.5 Å². The highest BCUT2D eigenvalue weighted by molar-refractivity contribution is 7.09. The molecule has 23 heavy (non-hydrogen) atoms. The van der Waals surface area contributed by atoms with Crippen LogP contribution in [-0.4, -0.2) is 35.5 Å². The Kier molecular flexibility index (Phi) is 4.81. The van der Waals surface area contributed by atoms with Gasteiger partial charge < -0.3 is 14.4 Å². The lowest BCUT2D eigenvalue weighted by Crippen LogP contribution is -2.36. The van der Waals surface area contributed by atoms with Crippen LogP contribution in [0.2, 0.25) is 0 Å². The summed E-state index contributed by atoms with van der Waals surface area (Å²) in [5.74, 6) is 1.21. The van der Waals surface area contributed by atoms with Gasteiger partial charge in [0.05, 0.1) is 24.4 Å². The van der Waals surface area contributed by atoms with Gasteiger partial charge in [-0.2, -0.15) is 0 Å². The van der Waals surface area contributed by atoms with Crippen molar-refractivity contribution >= 4 is 17.2 Å². The number of rotatable bonds is 7. The molecule has 1 aliphatic carbocycles. The van der Waals surface area contributed by atoms with Gasteiger partial charge in [0.1, 0.15) is 0 Å². The first-order valence-corrected chi connectivity index (χ1v) is 8.51. The Morgan fingerprint density at radius 2 is 2.09 bits per heavy atom. The number of aryl methyl sites for hydroxylation is 1. The normalized spacial score (nSPS) is 13.7. The minimum absolute atomic E-state index is 0.0101. The molecular weight excluding hydrogens is 312 g/mol. The van der Waals surface area contributed by atoms with Gasteiger partial charge in [0.2, 0.25) is 0 Å². The zero-order valence-electron chi connectivity index (χ0n) is 13.3. The standard InChI is InChI=1S/C17H20N2O3S/c1-12-18-13(11-23-12)9-19(14-7-8-14)17(20)10-22-16-6-4-3-5-15(16)21-2/h3-6,11,14H,7-10H2,1-2H3. The maximum atomic E-state index is 12.5. The van der Waals surface area contributed by atoms with E-state index in [1.54, 1.807) is 24.5 Å². The molecule has 1 fully saturated rings. The van der Waals surface area contributed by atoms with Crippen molar-refractivity contribution in [1.82, 2.24) is 9.88 Å². The van der Waals surface area contributed by atoms with E-state index in [0.29, 0.717) is 24.1 Å². The highest BCUT2D eigenvalue weighted by atomic mass is 32.1. The molecule has 0 saturated heterocycles. The van der Waals surface area contributed by atoms with Crippen LogP contribution in [0.25, 0.3) is 0 Å². The van der Waals surface area contributed by atoms with Crippen LogP contribution in [0, 0.1) is 6.92 Å². The molecule has 0 bridgehead atoms. The number of para-hydroxylation sites is 2. The first-order valence-electron chi connectivity index (χ1n) is 7.63. The van der Waals surface area contributed by atoms with E-state index < -0.39 is 0 Å². The first kappa shape index (κ1) is 15.8. The molecule has 1 amide bonds. The van der Waals surface area contributed by atoms with Crippen LogP contribution >= 0.6 is 11.3 Å². The molecule has 1 heterocycles. The number of aromatic nitrogens is 1. The minimum Gasteiger partial charge on any atom is -0.493 e. The molecule has 6 heteroatoms. The Hall–Kier alpha value is -2.08. The lowest BCUT2D eigenvalue weighted by molar-refractivity contribution is -0.134. The van der Waals surface area contributed by atoms with E-state index in [9.17, 15) is 4.79 Å². The third kappa shape index (κ3) is 4.01. The first-order chi connectivity index (χ1) is 11.2. The molecular formula is C17H20N2O3S. The average molecular weight is 332 g/mol. The Morgan fingerprint density at radius 3 is 2.70 bits per heavy atom. The van der Waals surface area contributed by atoms with Crippen LogP contribution in [0.4, 0.5) is 0 Å². The van der Waals surface area contributed by atoms with Crippen LogP contribution in [0.15, 0.2) is 29.6 Å². The lowest BCUT2D eigenvalue weighted by atomic mass is 10.3. The molecule has 2 aromatic rings. The molecule has 1 aliphatic rings. The van der Waals surface area contributed by atoms with Gasteiger partial charge >= 0.3 is 0 Å². The number of amides is 1. The van der Waals surface area contributed by atoms with Gasteiger partial charge in [-0.3, -0.25) is 4.79 Å². The van der Waals surface area contributed by atoms with E-state index in [1.807, 2.05) is 35.4 Å². The average Bonchev–Trinajstić information content (AvgIpc) is 3.32. The van der Waals surface area contributed by atoms with E-state index in [1.165, 1.54) is 0 Å². The number of nitrogens with zero attached hydrogens (tertiary/aromatic N) is 2. The van der Waals surface area contributed by atoms with Gasteiger partial charge in [-0.25, -0.2) is 4.98 Å². The van der Waals surface area contributed by atoms with Crippen LogP contribution in [0.3, 0.4) is 0 Å². The van der Waals surface area contributed by atoms with Gasteiger partial charge in [0, 0.05) is 11.4 Å². The highest BCUT2D eigenvalue weighted by Crippen LogP contribution is 2.30. The summed E-state index contributed by atoms with van der Waals surface area (Å²) in [5.41, 5.74) is 0.949. The zero-order chi connectivity index (χ0) is 16.2. The second kappa shape index (κ2) is 7.00. The maximum absolute atomic E-state index is 12.5. The third-order valence-corrected chi connectivity index (χ3v) is 4.55. The van der Waals surface area contributed by atoms with Gasteiger partial charge in [-0.05, 0) is 31.9 Å². The number of thiazole rings is 1. The van der Waals surface area contributed by atoms with Crippen LogP contribution in [0.5, 0.6) is 11.5 Å². The van der Waals surface area contributed by atoms with E-state index in [2.05, 4.69) is 4.98 Å². The molecule has 1 aromatic carbocycles. The number of hydrogen-bond acceptors (Lipinski definition) is 5. The van der Waals surface area contributed by atoms with Crippen LogP contribution in [-0.2, 0) is 11.3 Å². The Labute approximate surface area is 139 Å². The second-order valence-electron chi connectivity index (χ2n) is 5.55. The maximum Gasteiger partial charge on any atom is 0.261 e. The predicted octanol–water partition coefficient (Wildman–Crippen LogP) is 3.03.